The van der Waals surface area contributed by atoms with Gasteiger partial charge in [0.1, 0.15) is 5.60 Å². The number of amides is 1. The summed E-state index contributed by atoms with van der Waals surface area (Å²) in [6.07, 6.45) is 5.48. The molecule has 18 heavy (non-hydrogen) atoms. The molecule has 1 unspecified atom stereocenters. The maximum absolute atomic E-state index is 12.3. The summed E-state index contributed by atoms with van der Waals surface area (Å²) in [5.41, 5.74) is -0.398. The molecule has 3 atom stereocenters. The van der Waals surface area contributed by atoms with E-state index in [1.807, 2.05) is 32.7 Å². The molecule has 2 bridgehead atoms. The molecule has 0 spiro atoms. The predicted octanol–water partition coefficient (Wildman–Crippen LogP) is 2.53. The van der Waals surface area contributed by atoms with Crippen LogP contribution in [0, 0.1) is 0 Å². The van der Waals surface area contributed by atoms with Gasteiger partial charge in [-0.15, -0.1) is 0 Å². The van der Waals surface area contributed by atoms with E-state index >= 15 is 0 Å². The molecule has 2 saturated heterocycles. The summed E-state index contributed by atoms with van der Waals surface area (Å²) in [5.74, 6) is 0. The molecule has 2 fully saturated rings. The van der Waals surface area contributed by atoms with Crippen molar-refractivity contribution in [2.75, 3.05) is 7.05 Å². The number of hydrogen-bond acceptors (Lipinski definition) is 3. The monoisotopic (exact) mass is 254 g/mol. The summed E-state index contributed by atoms with van der Waals surface area (Å²) in [5, 5.41) is 3.36. The Morgan fingerprint density at radius 3 is 2.22 bits per heavy atom. The topological polar surface area (TPSA) is 41.6 Å². The van der Waals surface area contributed by atoms with Crippen molar-refractivity contribution < 1.29 is 9.53 Å². The number of carbonyl (C=O) groups excluding carboxylic acids is 1. The third-order valence-electron chi connectivity index (χ3n) is 3.99. The fraction of sp³-hybridized carbons (Fsp3) is 0.929. The van der Waals surface area contributed by atoms with E-state index in [1.54, 1.807) is 0 Å². The van der Waals surface area contributed by atoms with Gasteiger partial charge in [0.25, 0.3) is 0 Å². The zero-order valence-electron chi connectivity index (χ0n) is 12.0. The molecule has 2 rings (SSSR count). The first-order chi connectivity index (χ1) is 8.40. The first-order valence-electron chi connectivity index (χ1n) is 7.09. The van der Waals surface area contributed by atoms with Gasteiger partial charge in [-0.2, -0.15) is 0 Å². The molecule has 1 amide bonds. The van der Waals surface area contributed by atoms with Gasteiger partial charge in [0.05, 0.1) is 0 Å². The summed E-state index contributed by atoms with van der Waals surface area (Å²) >= 11 is 0. The lowest BCUT2D eigenvalue weighted by Gasteiger charge is -2.48. The molecule has 4 nitrogen and oxygen atoms in total. The van der Waals surface area contributed by atoms with Crippen LogP contribution in [-0.4, -0.2) is 41.8 Å². The number of piperidine rings is 2. The Balaban J connectivity index is 2.06. The number of nitrogens with one attached hydrogen (secondary N) is 1. The molecule has 0 saturated carbocycles. The number of ether oxygens (including phenoxy) is 1. The summed E-state index contributed by atoms with van der Waals surface area (Å²) in [6, 6.07) is 1.29. The number of carbonyl (C=O) groups is 1. The van der Waals surface area contributed by atoms with Crippen LogP contribution < -0.4 is 5.32 Å². The highest BCUT2D eigenvalue weighted by Crippen LogP contribution is 2.35. The second-order valence-electron chi connectivity index (χ2n) is 6.58. The van der Waals surface area contributed by atoms with Gasteiger partial charge in [0.2, 0.25) is 0 Å². The maximum Gasteiger partial charge on any atom is 0.410 e. The number of hydrogen-bond donors (Lipinski definition) is 1. The van der Waals surface area contributed by atoms with Gasteiger partial charge in [-0.3, -0.25) is 0 Å². The van der Waals surface area contributed by atoms with Crippen molar-refractivity contribution in [2.24, 2.45) is 0 Å². The molecule has 0 radical (unpaired) electrons. The summed E-state index contributed by atoms with van der Waals surface area (Å²) in [6.45, 7) is 5.79. The van der Waals surface area contributed by atoms with Crippen LogP contribution in [0.1, 0.15) is 52.9 Å². The van der Waals surface area contributed by atoms with E-state index in [4.69, 9.17) is 4.74 Å². The third kappa shape index (κ3) is 2.97. The molecular formula is C14H26N2O2. The van der Waals surface area contributed by atoms with Crippen LogP contribution in [0.3, 0.4) is 0 Å². The molecule has 0 aromatic carbocycles. The van der Waals surface area contributed by atoms with E-state index in [1.165, 1.54) is 6.42 Å². The number of fused-ring (bicyclic) bond motifs is 2. The Hall–Kier alpha value is -0.770. The van der Waals surface area contributed by atoms with Gasteiger partial charge < -0.3 is 15.0 Å². The first-order valence-corrected chi connectivity index (χ1v) is 7.09. The van der Waals surface area contributed by atoms with E-state index in [-0.39, 0.29) is 6.09 Å². The van der Waals surface area contributed by atoms with Crippen molar-refractivity contribution >= 4 is 6.09 Å². The van der Waals surface area contributed by atoms with Gasteiger partial charge >= 0.3 is 6.09 Å². The molecule has 1 N–H and O–H groups in total. The molecule has 104 valence electrons. The molecule has 2 heterocycles. The Labute approximate surface area is 110 Å². The Morgan fingerprint density at radius 1 is 1.22 bits per heavy atom. The smallest absolute Gasteiger partial charge is 0.410 e. The third-order valence-corrected chi connectivity index (χ3v) is 3.99. The van der Waals surface area contributed by atoms with E-state index < -0.39 is 5.60 Å². The molecule has 4 heteroatoms. The van der Waals surface area contributed by atoms with Crippen LogP contribution in [0.2, 0.25) is 0 Å². The molecule has 0 aromatic rings. The van der Waals surface area contributed by atoms with E-state index in [0.717, 1.165) is 25.7 Å². The van der Waals surface area contributed by atoms with Gasteiger partial charge in [-0.25, -0.2) is 4.79 Å². The lowest BCUT2D eigenvalue weighted by atomic mass is 9.82. The van der Waals surface area contributed by atoms with E-state index in [2.05, 4.69) is 5.32 Å². The molecular weight excluding hydrogens is 228 g/mol. The minimum absolute atomic E-state index is 0.119. The minimum Gasteiger partial charge on any atom is -0.444 e. The number of nitrogens with zero attached hydrogens (tertiary/aromatic N) is 1. The van der Waals surface area contributed by atoms with Crippen LogP contribution >= 0.6 is 0 Å². The highest BCUT2D eigenvalue weighted by molar-refractivity contribution is 5.69. The quantitative estimate of drug-likeness (QED) is 0.782. The first kappa shape index (κ1) is 13.7. The fourth-order valence-electron chi connectivity index (χ4n) is 3.23. The van der Waals surface area contributed by atoms with Crippen LogP contribution in [0.15, 0.2) is 0 Å². The Morgan fingerprint density at radius 2 is 1.78 bits per heavy atom. The predicted molar refractivity (Wildman–Crippen MR) is 71.6 cm³/mol. The van der Waals surface area contributed by atoms with Crippen molar-refractivity contribution in [3.8, 4) is 0 Å². The molecule has 0 aliphatic carbocycles. The standard InChI is InChI=1S/C14H26N2O2/c1-14(2,3)18-13(17)16-11-6-5-7-12(16)9-10(8-11)15-4/h10-12,15H,5-9H2,1-4H3/t10-,11+,12?/m1/s1. The Bertz CT molecular complexity index is 297. The normalized spacial score (nSPS) is 32.2. The van der Waals surface area contributed by atoms with Crippen molar-refractivity contribution in [2.45, 2.75) is 76.6 Å². The van der Waals surface area contributed by atoms with Gasteiger partial charge in [0.15, 0.2) is 0 Å². The van der Waals surface area contributed by atoms with Crippen LogP contribution in [0.4, 0.5) is 4.79 Å². The Kier molecular flexibility index (Phi) is 3.85. The summed E-state index contributed by atoms with van der Waals surface area (Å²) < 4.78 is 5.55. The van der Waals surface area contributed by atoms with Gasteiger partial charge in [0, 0.05) is 18.1 Å². The highest BCUT2D eigenvalue weighted by Gasteiger charge is 2.42. The van der Waals surface area contributed by atoms with Gasteiger partial charge in [-0.05, 0) is 59.9 Å². The van der Waals surface area contributed by atoms with Crippen molar-refractivity contribution in [1.29, 1.82) is 0 Å². The molecule has 2 aliphatic rings. The largest absolute Gasteiger partial charge is 0.444 e. The highest BCUT2D eigenvalue weighted by atomic mass is 16.6. The van der Waals surface area contributed by atoms with Crippen LogP contribution in [-0.2, 0) is 4.74 Å². The summed E-state index contributed by atoms with van der Waals surface area (Å²) in [4.78, 5) is 14.3. The van der Waals surface area contributed by atoms with Crippen LogP contribution in [0.25, 0.3) is 0 Å². The second kappa shape index (κ2) is 5.08. The average molecular weight is 254 g/mol. The molecule has 0 aromatic heterocycles. The number of rotatable bonds is 1. The average Bonchev–Trinajstić information content (AvgIpc) is 2.24. The zero-order chi connectivity index (χ0) is 13.3. The fourth-order valence-corrected chi connectivity index (χ4v) is 3.23. The SMILES string of the molecule is CN[C@H]1CC2CCC[C@@H](C1)N2C(=O)OC(C)(C)C. The summed E-state index contributed by atoms with van der Waals surface area (Å²) in [7, 11) is 2.02. The van der Waals surface area contributed by atoms with Gasteiger partial charge in [-0.1, -0.05) is 0 Å². The zero-order valence-corrected chi connectivity index (χ0v) is 12.0. The van der Waals surface area contributed by atoms with Crippen molar-refractivity contribution in [3.05, 3.63) is 0 Å². The van der Waals surface area contributed by atoms with Crippen LogP contribution in [0.5, 0.6) is 0 Å². The lowest BCUT2D eigenvalue weighted by Crippen LogP contribution is -2.58. The van der Waals surface area contributed by atoms with Crippen molar-refractivity contribution in [1.82, 2.24) is 10.2 Å². The van der Waals surface area contributed by atoms with Crippen molar-refractivity contribution in [3.63, 3.8) is 0 Å². The van der Waals surface area contributed by atoms with E-state index in [0.29, 0.717) is 18.1 Å². The second-order valence-corrected chi connectivity index (χ2v) is 6.58. The molecule has 2 aliphatic heterocycles. The van der Waals surface area contributed by atoms with E-state index in [9.17, 15) is 4.79 Å². The minimum atomic E-state index is -0.398. The maximum atomic E-state index is 12.3. The lowest BCUT2D eigenvalue weighted by molar-refractivity contribution is -0.0229.